The molecule has 21 heavy (non-hydrogen) atoms. The van der Waals surface area contributed by atoms with Gasteiger partial charge in [-0.05, 0) is 6.42 Å². The summed E-state index contributed by atoms with van der Waals surface area (Å²) in [6, 6.07) is -0.258. The standard InChI is InChI=1S/C14H23N5O2/c1-2-3-4-5-6-10(11(21)7-20)19-9-18-12-13(15)16-8-17-14(12)19/h8-11,20-21H,2-7H2,1H3,(H2,15,16,17)/t10-,11-/m1/s1. The molecule has 7 nitrogen and oxygen atoms in total. The van der Waals surface area contributed by atoms with E-state index < -0.39 is 6.10 Å². The summed E-state index contributed by atoms with van der Waals surface area (Å²) in [4.78, 5) is 12.3. The number of nitrogens with two attached hydrogens (primary N) is 1. The lowest BCUT2D eigenvalue weighted by Gasteiger charge is -2.23. The van der Waals surface area contributed by atoms with Crippen molar-refractivity contribution in [2.45, 2.75) is 51.2 Å². The quantitative estimate of drug-likeness (QED) is 0.632. The molecule has 7 heteroatoms. The van der Waals surface area contributed by atoms with Crippen molar-refractivity contribution in [3.8, 4) is 0 Å². The Morgan fingerprint density at radius 1 is 1.24 bits per heavy atom. The number of unbranched alkanes of at least 4 members (excludes halogenated alkanes) is 3. The molecule has 2 heterocycles. The number of aliphatic hydroxyl groups is 2. The molecule has 0 amide bonds. The Labute approximate surface area is 123 Å². The van der Waals surface area contributed by atoms with E-state index in [0.29, 0.717) is 17.0 Å². The lowest BCUT2D eigenvalue weighted by Crippen LogP contribution is -2.27. The van der Waals surface area contributed by atoms with E-state index >= 15 is 0 Å². The zero-order chi connectivity index (χ0) is 15.2. The molecule has 0 fully saturated rings. The largest absolute Gasteiger partial charge is 0.394 e. The fourth-order valence-electron chi connectivity index (χ4n) is 2.53. The lowest BCUT2D eigenvalue weighted by atomic mass is 10.0. The maximum Gasteiger partial charge on any atom is 0.165 e. The van der Waals surface area contributed by atoms with Crippen LogP contribution in [0.5, 0.6) is 0 Å². The summed E-state index contributed by atoms with van der Waals surface area (Å²) >= 11 is 0. The number of hydrogen-bond acceptors (Lipinski definition) is 6. The molecule has 0 radical (unpaired) electrons. The minimum atomic E-state index is -0.847. The summed E-state index contributed by atoms with van der Waals surface area (Å²) in [5, 5.41) is 19.4. The van der Waals surface area contributed by atoms with E-state index in [4.69, 9.17) is 5.73 Å². The first-order chi connectivity index (χ1) is 10.2. The van der Waals surface area contributed by atoms with Gasteiger partial charge < -0.3 is 20.5 Å². The molecule has 116 valence electrons. The Hall–Kier alpha value is -1.73. The Morgan fingerprint density at radius 3 is 2.76 bits per heavy atom. The highest BCUT2D eigenvalue weighted by Crippen LogP contribution is 2.25. The number of anilines is 1. The third kappa shape index (κ3) is 3.48. The second kappa shape index (κ2) is 7.33. The number of nitrogen functional groups attached to an aromatic ring is 1. The molecule has 2 aromatic heterocycles. The second-order valence-corrected chi connectivity index (χ2v) is 5.25. The van der Waals surface area contributed by atoms with Crippen molar-refractivity contribution in [2.75, 3.05) is 12.3 Å². The van der Waals surface area contributed by atoms with E-state index in [2.05, 4.69) is 21.9 Å². The van der Waals surface area contributed by atoms with Crippen molar-refractivity contribution in [3.05, 3.63) is 12.7 Å². The number of aromatic nitrogens is 4. The molecule has 0 aliphatic carbocycles. The van der Waals surface area contributed by atoms with Crippen molar-refractivity contribution in [1.29, 1.82) is 0 Å². The molecule has 4 N–H and O–H groups in total. The molecule has 0 saturated heterocycles. The zero-order valence-electron chi connectivity index (χ0n) is 12.3. The number of nitrogens with zero attached hydrogens (tertiary/aromatic N) is 4. The number of rotatable bonds is 8. The third-order valence-electron chi connectivity index (χ3n) is 3.73. The number of imidazole rings is 1. The molecule has 0 unspecified atom stereocenters. The summed E-state index contributed by atoms with van der Waals surface area (Å²) in [6.45, 7) is 1.86. The topological polar surface area (TPSA) is 110 Å². The van der Waals surface area contributed by atoms with Gasteiger partial charge in [0.2, 0.25) is 0 Å². The average molecular weight is 293 g/mol. The highest BCUT2D eigenvalue weighted by molar-refractivity contribution is 5.81. The van der Waals surface area contributed by atoms with Crippen LogP contribution in [0, 0.1) is 0 Å². The van der Waals surface area contributed by atoms with Crippen molar-refractivity contribution < 1.29 is 10.2 Å². The van der Waals surface area contributed by atoms with Gasteiger partial charge in [0, 0.05) is 0 Å². The Kier molecular flexibility index (Phi) is 5.46. The van der Waals surface area contributed by atoms with Crippen LogP contribution in [0.4, 0.5) is 5.82 Å². The summed E-state index contributed by atoms with van der Waals surface area (Å²) in [6.07, 6.45) is 7.32. The van der Waals surface area contributed by atoms with Crippen LogP contribution in [-0.4, -0.2) is 42.4 Å². The van der Waals surface area contributed by atoms with Gasteiger partial charge in [-0.1, -0.05) is 32.6 Å². The number of hydrogen-bond donors (Lipinski definition) is 3. The molecular weight excluding hydrogens is 270 g/mol. The molecule has 0 bridgehead atoms. The first-order valence-electron chi connectivity index (χ1n) is 7.41. The third-order valence-corrected chi connectivity index (χ3v) is 3.73. The monoisotopic (exact) mass is 293 g/mol. The highest BCUT2D eigenvalue weighted by Gasteiger charge is 2.23. The summed E-state index contributed by atoms with van der Waals surface area (Å²) in [5.74, 6) is 0.321. The average Bonchev–Trinajstić information content (AvgIpc) is 2.92. The van der Waals surface area contributed by atoms with Gasteiger partial charge in [-0.25, -0.2) is 15.0 Å². The zero-order valence-corrected chi connectivity index (χ0v) is 12.3. The molecule has 2 atom stereocenters. The van der Waals surface area contributed by atoms with Gasteiger partial charge in [-0.3, -0.25) is 0 Å². The van der Waals surface area contributed by atoms with Crippen LogP contribution >= 0.6 is 0 Å². The van der Waals surface area contributed by atoms with E-state index in [1.807, 2.05) is 0 Å². The maximum atomic E-state index is 10.1. The van der Waals surface area contributed by atoms with E-state index in [-0.39, 0.29) is 12.6 Å². The summed E-state index contributed by atoms with van der Waals surface area (Å²) in [5.41, 5.74) is 6.90. The molecule has 0 aliphatic heterocycles. The minimum Gasteiger partial charge on any atom is -0.394 e. The van der Waals surface area contributed by atoms with Crippen molar-refractivity contribution in [3.63, 3.8) is 0 Å². The van der Waals surface area contributed by atoms with Crippen molar-refractivity contribution in [2.24, 2.45) is 0 Å². The van der Waals surface area contributed by atoms with Gasteiger partial charge >= 0.3 is 0 Å². The van der Waals surface area contributed by atoms with Crippen molar-refractivity contribution >= 4 is 17.0 Å². The molecule has 0 spiro atoms. The molecule has 0 aromatic carbocycles. The van der Waals surface area contributed by atoms with Crippen LogP contribution in [0.2, 0.25) is 0 Å². The smallest absolute Gasteiger partial charge is 0.165 e. The summed E-state index contributed by atoms with van der Waals surface area (Å²) < 4.78 is 1.79. The molecule has 0 saturated carbocycles. The Morgan fingerprint density at radius 2 is 2.05 bits per heavy atom. The van der Waals surface area contributed by atoms with Crippen LogP contribution in [0.25, 0.3) is 11.2 Å². The van der Waals surface area contributed by atoms with Gasteiger partial charge in [0.05, 0.1) is 25.1 Å². The fraction of sp³-hybridized carbons (Fsp3) is 0.643. The first kappa shape index (κ1) is 15.7. The highest BCUT2D eigenvalue weighted by atomic mass is 16.3. The number of fused-ring (bicyclic) bond motifs is 1. The van der Waals surface area contributed by atoms with Gasteiger partial charge in [-0.2, -0.15) is 0 Å². The predicted molar refractivity (Wildman–Crippen MR) is 80.6 cm³/mol. The van der Waals surface area contributed by atoms with Crippen LogP contribution in [0.3, 0.4) is 0 Å². The Balaban J connectivity index is 2.24. The van der Waals surface area contributed by atoms with Crippen LogP contribution < -0.4 is 5.73 Å². The molecule has 2 aromatic rings. The van der Waals surface area contributed by atoms with Gasteiger partial charge in [0.25, 0.3) is 0 Å². The van der Waals surface area contributed by atoms with Gasteiger partial charge in [-0.15, -0.1) is 0 Å². The second-order valence-electron chi connectivity index (χ2n) is 5.25. The molecular formula is C14H23N5O2. The minimum absolute atomic E-state index is 0.258. The normalized spacial score (nSPS) is 14.4. The fourth-order valence-corrected chi connectivity index (χ4v) is 2.53. The van der Waals surface area contributed by atoms with Crippen LogP contribution in [0.1, 0.15) is 45.1 Å². The van der Waals surface area contributed by atoms with E-state index in [9.17, 15) is 10.2 Å². The van der Waals surface area contributed by atoms with E-state index in [1.165, 1.54) is 12.7 Å². The van der Waals surface area contributed by atoms with Crippen LogP contribution in [-0.2, 0) is 0 Å². The van der Waals surface area contributed by atoms with Gasteiger partial charge in [0.1, 0.15) is 11.8 Å². The van der Waals surface area contributed by atoms with E-state index in [0.717, 1.165) is 25.7 Å². The molecule has 2 rings (SSSR count). The predicted octanol–water partition coefficient (Wildman–Crippen LogP) is 1.27. The SMILES string of the molecule is CCCCCC[C@H]([C@H](O)CO)n1cnc2c(N)ncnc21. The Bertz CT molecular complexity index is 571. The van der Waals surface area contributed by atoms with Gasteiger partial charge in [0.15, 0.2) is 11.5 Å². The van der Waals surface area contributed by atoms with Crippen LogP contribution in [0.15, 0.2) is 12.7 Å². The maximum absolute atomic E-state index is 10.1. The lowest BCUT2D eigenvalue weighted by molar-refractivity contribution is 0.0483. The van der Waals surface area contributed by atoms with E-state index in [1.54, 1.807) is 10.9 Å². The summed E-state index contributed by atoms with van der Waals surface area (Å²) in [7, 11) is 0. The number of aliphatic hydroxyl groups excluding tert-OH is 2. The molecule has 0 aliphatic rings. The first-order valence-corrected chi connectivity index (χ1v) is 7.41. The van der Waals surface area contributed by atoms with Crippen molar-refractivity contribution in [1.82, 2.24) is 19.5 Å².